The van der Waals surface area contributed by atoms with Crippen LogP contribution in [-0.4, -0.2) is 4.98 Å². The van der Waals surface area contributed by atoms with Gasteiger partial charge >= 0.3 is 0 Å². The van der Waals surface area contributed by atoms with E-state index in [4.69, 9.17) is 16.7 Å². The van der Waals surface area contributed by atoms with E-state index in [1.165, 1.54) is 6.20 Å². The SMILES string of the molecule is [C-]#[N+]c1c(N)ccnc1NC(C)c1c(-c2ccccc2)oc2ccccc2c1=O. The summed E-state index contributed by atoms with van der Waals surface area (Å²) in [7, 11) is 0. The van der Waals surface area contributed by atoms with Crippen molar-refractivity contribution in [1.29, 1.82) is 0 Å². The van der Waals surface area contributed by atoms with Crippen LogP contribution in [0, 0.1) is 6.57 Å². The zero-order valence-electron chi connectivity index (χ0n) is 15.7. The summed E-state index contributed by atoms with van der Waals surface area (Å²) < 4.78 is 6.15. The highest BCUT2D eigenvalue weighted by molar-refractivity contribution is 5.82. The third kappa shape index (κ3) is 3.30. The van der Waals surface area contributed by atoms with Gasteiger partial charge in [-0.05, 0) is 25.1 Å². The summed E-state index contributed by atoms with van der Waals surface area (Å²) in [6, 6.07) is 17.7. The number of pyridine rings is 1. The van der Waals surface area contributed by atoms with Crippen LogP contribution in [0.5, 0.6) is 0 Å². The molecule has 1 atom stereocenters. The lowest BCUT2D eigenvalue weighted by molar-refractivity contribution is 0.604. The molecule has 0 aliphatic carbocycles. The maximum Gasteiger partial charge on any atom is 0.250 e. The smallest absolute Gasteiger partial charge is 0.250 e. The Morgan fingerprint density at radius 2 is 1.83 bits per heavy atom. The van der Waals surface area contributed by atoms with Crippen molar-refractivity contribution in [1.82, 2.24) is 4.98 Å². The van der Waals surface area contributed by atoms with Crippen LogP contribution in [0.15, 0.2) is 76.1 Å². The minimum absolute atomic E-state index is 0.126. The number of rotatable bonds is 4. The number of anilines is 2. The van der Waals surface area contributed by atoms with E-state index in [9.17, 15) is 4.79 Å². The zero-order chi connectivity index (χ0) is 20.4. The summed E-state index contributed by atoms with van der Waals surface area (Å²) in [5.74, 6) is 0.821. The van der Waals surface area contributed by atoms with Gasteiger partial charge in [0.2, 0.25) is 5.69 Å². The van der Waals surface area contributed by atoms with Gasteiger partial charge in [-0.1, -0.05) is 42.5 Å². The number of nitrogen functional groups attached to an aromatic ring is 1. The van der Waals surface area contributed by atoms with Crippen LogP contribution in [0.4, 0.5) is 17.2 Å². The summed E-state index contributed by atoms with van der Waals surface area (Å²) in [5, 5.41) is 3.67. The van der Waals surface area contributed by atoms with E-state index in [0.29, 0.717) is 33.8 Å². The van der Waals surface area contributed by atoms with Crippen LogP contribution in [0.3, 0.4) is 0 Å². The van der Waals surface area contributed by atoms with E-state index >= 15 is 0 Å². The quantitative estimate of drug-likeness (QED) is 0.476. The molecule has 6 nitrogen and oxygen atoms in total. The van der Waals surface area contributed by atoms with Crippen LogP contribution < -0.4 is 16.5 Å². The van der Waals surface area contributed by atoms with Crippen LogP contribution >= 0.6 is 0 Å². The predicted octanol–water partition coefficient (Wildman–Crippen LogP) is 5.16. The molecule has 6 heteroatoms. The number of para-hydroxylation sites is 1. The summed E-state index contributed by atoms with van der Waals surface area (Å²) in [6.45, 7) is 9.23. The summed E-state index contributed by atoms with van der Waals surface area (Å²) in [6.07, 6.45) is 1.53. The highest BCUT2D eigenvalue weighted by atomic mass is 16.3. The molecule has 0 saturated carbocycles. The Hall–Kier alpha value is -4.11. The molecule has 4 aromatic rings. The first-order chi connectivity index (χ1) is 14.1. The van der Waals surface area contributed by atoms with Crippen molar-refractivity contribution in [3.8, 4) is 11.3 Å². The van der Waals surface area contributed by atoms with Crippen LogP contribution in [-0.2, 0) is 0 Å². The van der Waals surface area contributed by atoms with Gasteiger partial charge in [-0.2, -0.15) is 0 Å². The molecule has 4 rings (SSSR count). The Morgan fingerprint density at radius 1 is 1.10 bits per heavy atom. The molecule has 0 aliphatic heterocycles. The highest BCUT2D eigenvalue weighted by Crippen LogP contribution is 2.34. The molecule has 0 amide bonds. The number of hydrogen-bond donors (Lipinski definition) is 2. The highest BCUT2D eigenvalue weighted by Gasteiger charge is 2.22. The van der Waals surface area contributed by atoms with Gasteiger partial charge in [0.05, 0.1) is 23.6 Å². The van der Waals surface area contributed by atoms with Gasteiger partial charge in [0, 0.05) is 17.4 Å². The molecule has 2 aromatic carbocycles. The van der Waals surface area contributed by atoms with Gasteiger partial charge in [0.25, 0.3) is 0 Å². The number of aromatic nitrogens is 1. The number of fused-ring (bicyclic) bond motifs is 1. The molecule has 1 unspecified atom stereocenters. The van der Waals surface area contributed by atoms with E-state index < -0.39 is 6.04 Å². The molecule has 0 radical (unpaired) electrons. The van der Waals surface area contributed by atoms with Crippen molar-refractivity contribution < 1.29 is 4.42 Å². The maximum absolute atomic E-state index is 13.4. The van der Waals surface area contributed by atoms with E-state index in [0.717, 1.165) is 5.56 Å². The van der Waals surface area contributed by atoms with Gasteiger partial charge in [0.1, 0.15) is 17.2 Å². The number of nitrogens with zero attached hydrogens (tertiary/aromatic N) is 2. The number of nitrogens with one attached hydrogen (secondary N) is 1. The van der Waals surface area contributed by atoms with Gasteiger partial charge < -0.3 is 15.5 Å². The second-order valence-electron chi connectivity index (χ2n) is 6.61. The maximum atomic E-state index is 13.4. The minimum Gasteiger partial charge on any atom is -0.455 e. The Bertz CT molecular complexity index is 1290. The Labute approximate surface area is 167 Å². The lowest BCUT2D eigenvalue weighted by atomic mass is 9.99. The third-order valence-electron chi connectivity index (χ3n) is 4.72. The summed E-state index contributed by atoms with van der Waals surface area (Å²) in [5.41, 5.74) is 8.12. The Balaban J connectivity index is 1.91. The van der Waals surface area contributed by atoms with E-state index in [2.05, 4.69) is 15.1 Å². The van der Waals surface area contributed by atoms with Gasteiger partial charge in [-0.25, -0.2) is 4.85 Å². The second-order valence-corrected chi connectivity index (χ2v) is 6.61. The van der Waals surface area contributed by atoms with Crippen molar-refractivity contribution in [3.63, 3.8) is 0 Å². The number of benzene rings is 2. The molecular weight excluding hydrogens is 364 g/mol. The average Bonchev–Trinajstić information content (AvgIpc) is 2.74. The molecule has 0 saturated heterocycles. The van der Waals surface area contributed by atoms with Gasteiger partial charge in [0.15, 0.2) is 5.43 Å². The molecule has 29 heavy (non-hydrogen) atoms. The molecule has 0 aliphatic rings. The van der Waals surface area contributed by atoms with E-state index in [-0.39, 0.29) is 11.1 Å². The monoisotopic (exact) mass is 382 g/mol. The summed E-state index contributed by atoms with van der Waals surface area (Å²) >= 11 is 0. The lowest BCUT2D eigenvalue weighted by Gasteiger charge is -2.19. The Kier molecular flexibility index (Phi) is 4.71. The predicted molar refractivity (Wildman–Crippen MR) is 115 cm³/mol. The molecule has 0 spiro atoms. The molecule has 142 valence electrons. The zero-order valence-corrected chi connectivity index (χ0v) is 15.7. The molecule has 3 N–H and O–H groups in total. The van der Waals surface area contributed by atoms with Crippen LogP contribution in [0.25, 0.3) is 27.1 Å². The normalized spacial score (nSPS) is 11.7. The van der Waals surface area contributed by atoms with Crippen LogP contribution in [0.1, 0.15) is 18.5 Å². The average molecular weight is 382 g/mol. The number of nitrogens with two attached hydrogens (primary N) is 1. The first kappa shape index (κ1) is 18.3. The van der Waals surface area contributed by atoms with Crippen molar-refractivity contribution in [2.24, 2.45) is 0 Å². The van der Waals surface area contributed by atoms with E-state index in [1.54, 1.807) is 24.3 Å². The van der Waals surface area contributed by atoms with Gasteiger partial charge in [-0.15, -0.1) is 0 Å². The first-order valence-electron chi connectivity index (χ1n) is 9.09. The lowest BCUT2D eigenvalue weighted by Crippen LogP contribution is -2.19. The molecule has 2 heterocycles. The minimum atomic E-state index is -0.471. The second kappa shape index (κ2) is 7.49. The standard InChI is InChI=1S/C23H18N4O2/c1-14(27-23-20(25-2)17(24)12-13-26-23)19-21(28)16-10-6-7-11-18(16)29-22(19)15-8-4-3-5-9-15/h3-14H,1H3,(H3,24,26,27). The largest absolute Gasteiger partial charge is 0.455 e. The van der Waals surface area contributed by atoms with Crippen LogP contribution in [0.2, 0.25) is 0 Å². The van der Waals surface area contributed by atoms with Crippen molar-refractivity contribution in [2.75, 3.05) is 11.1 Å². The molecule has 0 bridgehead atoms. The fraction of sp³-hybridized carbons (Fsp3) is 0.0870. The first-order valence-corrected chi connectivity index (χ1v) is 9.09. The van der Waals surface area contributed by atoms with Crippen molar-refractivity contribution in [2.45, 2.75) is 13.0 Å². The fourth-order valence-electron chi connectivity index (χ4n) is 3.32. The summed E-state index contributed by atoms with van der Waals surface area (Å²) in [4.78, 5) is 21.1. The van der Waals surface area contributed by atoms with Gasteiger partial charge in [-0.3, -0.25) is 9.78 Å². The fourth-order valence-corrected chi connectivity index (χ4v) is 3.32. The Morgan fingerprint density at radius 3 is 2.59 bits per heavy atom. The third-order valence-corrected chi connectivity index (χ3v) is 4.72. The number of hydrogen-bond acceptors (Lipinski definition) is 5. The van der Waals surface area contributed by atoms with E-state index in [1.807, 2.05) is 43.3 Å². The molecular formula is C23H18N4O2. The molecule has 2 aromatic heterocycles. The van der Waals surface area contributed by atoms with Crippen molar-refractivity contribution >= 4 is 28.2 Å². The topological polar surface area (TPSA) is 85.5 Å². The van der Waals surface area contributed by atoms with Crippen molar-refractivity contribution in [3.05, 3.63) is 94.1 Å². The molecule has 0 fully saturated rings.